The van der Waals surface area contributed by atoms with Gasteiger partial charge in [-0.2, -0.15) is 9.78 Å². The first kappa shape index (κ1) is 14.7. The first-order chi connectivity index (χ1) is 9.08. The molecule has 0 saturated carbocycles. The highest BCUT2D eigenvalue weighted by Crippen LogP contribution is 2.19. The van der Waals surface area contributed by atoms with E-state index in [9.17, 15) is 13.2 Å². The molecule has 0 aliphatic carbocycles. The highest BCUT2D eigenvalue weighted by molar-refractivity contribution is 8.13. The van der Waals surface area contributed by atoms with Crippen LogP contribution in [0.5, 0.6) is 0 Å². The normalized spacial score (nSPS) is 12.6. The van der Waals surface area contributed by atoms with Crippen LogP contribution in [0, 0.1) is 0 Å². The quantitative estimate of drug-likeness (QED) is 0.748. The average Bonchev–Trinajstić information content (AvgIpc) is 2.67. The van der Waals surface area contributed by atoms with Gasteiger partial charge in [-0.1, -0.05) is 0 Å². The van der Waals surface area contributed by atoms with Crippen LogP contribution in [0.2, 0.25) is 0 Å². The lowest BCUT2D eigenvalue weighted by atomic mass is 10.2. The Hall–Kier alpha value is -1.67. The number of hydrogen-bond acceptors (Lipinski definition) is 6. The van der Waals surface area contributed by atoms with Crippen molar-refractivity contribution in [3.63, 3.8) is 0 Å². The number of fused-ring (bicyclic) bond motifs is 1. The zero-order valence-electron chi connectivity index (χ0n) is 11.0. The first-order valence-corrected chi connectivity index (χ1v) is 7.92. The molecule has 0 aliphatic heterocycles. The Kier molecular flexibility index (Phi) is 3.47. The van der Waals surface area contributed by atoms with Crippen molar-refractivity contribution in [2.75, 3.05) is 0 Å². The lowest BCUT2D eigenvalue weighted by molar-refractivity contribution is 0.0522. The van der Waals surface area contributed by atoms with Crippen LogP contribution in [0.15, 0.2) is 23.4 Å². The Morgan fingerprint density at radius 3 is 2.55 bits per heavy atom. The van der Waals surface area contributed by atoms with Gasteiger partial charge in [0.05, 0.1) is 11.7 Å². The molecular formula is C11H12ClN3O4S. The van der Waals surface area contributed by atoms with E-state index in [-0.39, 0.29) is 10.5 Å². The molecule has 0 aliphatic rings. The van der Waals surface area contributed by atoms with Crippen molar-refractivity contribution in [2.24, 2.45) is 0 Å². The summed E-state index contributed by atoms with van der Waals surface area (Å²) in [5.74, 6) is 0. The number of aromatic nitrogens is 3. The van der Waals surface area contributed by atoms with Crippen molar-refractivity contribution in [1.82, 2.24) is 14.8 Å². The molecule has 0 fully saturated rings. The number of halogens is 1. The first-order valence-electron chi connectivity index (χ1n) is 5.61. The fraction of sp³-hybridized carbons (Fsp3) is 0.364. The highest BCUT2D eigenvalue weighted by atomic mass is 35.7. The maximum absolute atomic E-state index is 11.9. The van der Waals surface area contributed by atoms with Crippen molar-refractivity contribution >= 4 is 36.9 Å². The second-order valence-corrected chi connectivity index (χ2v) is 7.54. The minimum Gasteiger partial charge on any atom is -0.442 e. The lowest BCUT2D eigenvalue weighted by Gasteiger charge is -2.19. The van der Waals surface area contributed by atoms with Crippen LogP contribution < -0.4 is 0 Å². The Balaban J connectivity index is 2.46. The molecule has 108 valence electrons. The summed E-state index contributed by atoms with van der Waals surface area (Å²) < 4.78 is 28.6. The van der Waals surface area contributed by atoms with Crippen LogP contribution in [0.3, 0.4) is 0 Å². The van der Waals surface area contributed by atoms with Crippen LogP contribution in [0.1, 0.15) is 20.8 Å². The van der Waals surface area contributed by atoms with Gasteiger partial charge in [0.15, 0.2) is 5.03 Å². The maximum Gasteiger partial charge on any atom is 0.435 e. The summed E-state index contributed by atoms with van der Waals surface area (Å²) in [5.41, 5.74) is -0.0942. The zero-order chi connectivity index (χ0) is 15.1. The largest absolute Gasteiger partial charge is 0.442 e. The van der Waals surface area contributed by atoms with Crippen LogP contribution in [-0.2, 0) is 13.8 Å². The van der Waals surface area contributed by atoms with Crippen molar-refractivity contribution in [3.05, 3.63) is 18.3 Å². The van der Waals surface area contributed by atoms with Gasteiger partial charge in [0, 0.05) is 10.7 Å². The fourth-order valence-electron chi connectivity index (χ4n) is 1.48. The third-order valence-electron chi connectivity index (χ3n) is 2.22. The molecule has 0 unspecified atom stereocenters. The van der Waals surface area contributed by atoms with E-state index >= 15 is 0 Å². The van der Waals surface area contributed by atoms with E-state index in [1.165, 1.54) is 18.3 Å². The molecule has 0 bridgehead atoms. The van der Waals surface area contributed by atoms with E-state index in [2.05, 4.69) is 10.1 Å². The number of carbonyl (C=O) groups excluding carboxylic acids is 1. The number of hydrogen-bond donors (Lipinski definition) is 0. The molecule has 20 heavy (non-hydrogen) atoms. The SMILES string of the molecule is CC(C)(C)OC(=O)n1ncc2nc(S(=O)(=O)Cl)ccc21. The maximum atomic E-state index is 11.9. The van der Waals surface area contributed by atoms with Crippen molar-refractivity contribution in [3.8, 4) is 0 Å². The predicted octanol–water partition coefficient (Wildman–Crippen LogP) is 2.14. The summed E-state index contributed by atoms with van der Waals surface area (Å²) in [6.07, 6.45) is 0.598. The van der Waals surface area contributed by atoms with E-state index in [1.807, 2.05) is 0 Å². The molecule has 0 aromatic carbocycles. The molecular weight excluding hydrogens is 306 g/mol. The summed E-state index contributed by atoms with van der Waals surface area (Å²) in [6, 6.07) is 2.60. The smallest absolute Gasteiger partial charge is 0.435 e. The third-order valence-corrected chi connectivity index (χ3v) is 3.42. The third kappa shape index (κ3) is 3.07. The van der Waals surface area contributed by atoms with E-state index in [0.717, 1.165) is 4.68 Å². The van der Waals surface area contributed by atoms with E-state index in [1.54, 1.807) is 20.8 Å². The van der Waals surface area contributed by atoms with Crippen LogP contribution in [-0.4, -0.2) is 34.9 Å². The monoisotopic (exact) mass is 317 g/mol. The Morgan fingerprint density at radius 2 is 2.00 bits per heavy atom. The van der Waals surface area contributed by atoms with Crippen molar-refractivity contribution < 1.29 is 17.9 Å². The van der Waals surface area contributed by atoms with Gasteiger partial charge >= 0.3 is 6.09 Å². The molecule has 2 aromatic rings. The predicted molar refractivity (Wildman–Crippen MR) is 72.2 cm³/mol. The second kappa shape index (κ2) is 4.71. The number of carbonyl (C=O) groups is 1. The molecule has 9 heteroatoms. The zero-order valence-corrected chi connectivity index (χ0v) is 12.6. The van der Waals surface area contributed by atoms with Gasteiger partial charge < -0.3 is 4.74 Å². The highest BCUT2D eigenvalue weighted by Gasteiger charge is 2.21. The summed E-state index contributed by atoms with van der Waals surface area (Å²) in [4.78, 5) is 15.8. The Bertz CT molecular complexity index is 777. The van der Waals surface area contributed by atoms with Crippen LogP contribution >= 0.6 is 10.7 Å². The fourth-order valence-corrected chi connectivity index (χ4v) is 2.18. The molecule has 2 rings (SSSR count). The lowest BCUT2D eigenvalue weighted by Crippen LogP contribution is -2.27. The molecule has 0 amide bonds. The number of rotatable bonds is 1. The summed E-state index contributed by atoms with van der Waals surface area (Å²) in [5, 5.41) is 3.55. The van der Waals surface area contributed by atoms with E-state index in [4.69, 9.17) is 15.4 Å². The van der Waals surface area contributed by atoms with E-state index in [0.29, 0.717) is 5.52 Å². The minimum absolute atomic E-state index is 0.234. The molecule has 2 aromatic heterocycles. The van der Waals surface area contributed by atoms with E-state index < -0.39 is 20.7 Å². The summed E-state index contributed by atoms with van der Waals surface area (Å²) >= 11 is 0. The van der Waals surface area contributed by atoms with Gasteiger partial charge in [-0.25, -0.2) is 18.2 Å². The summed E-state index contributed by atoms with van der Waals surface area (Å²) in [7, 11) is 1.28. The van der Waals surface area contributed by atoms with Gasteiger partial charge in [-0.3, -0.25) is 0 Å². The Morgan fingerprint density at radius 1 is 1.35 bits per heavy atom. The minimum atomic E-state index is -3.93. The molecule has 0 N–H and O–H groups in total. The standard InChI is InChI=1S/C11H12ClN3O4S/c1-11(2,3)19-10(16)15-8-4-5-9(20(12,17)18)14-7(8)6-13-15/h4-6H,1-3H3. The average molecular weight is 318 g/mol. The van der Waals surface area contributed by atoms with Crippen LogP contribution in [0.25, 0.3) is 11.0 Å². The molecule has 0 saturated heterocycles. The molecule has 0 spiro atoms. The molecule has 0 radical (unpaired) electrons. The van der Waals surface area contributed by atoms with Gasteiger partial charge in [0.2, 0.25) is 0 Å². The second-order valence-electron chi connectivity index (χ2n) is 5.03. The van der Waals surface area contributed by atoms with Gasteiger partial charge in [-0.15, -0.1) is 0 Å². The molecule has 0 atom stereocenters. The van der Waals surface area contributed by atoms with Gasteiger partial charge in [-0.05, 0) is 32.9 Å². The molecule has 2 heterocycles. The molecule has 7 nitrogen and oxygen atoms in total. The topological polar surface area (TPSA) is 91.2 Å². The van der Waals surface area contributed by atoms with Crippen molar-refractivity contribution in [2.45, 2.75) is 31.4 Å². The van der Waals surface area contributed by atoms with Gasteiger partial charge in [0.25, 0.3) is 9.05 Å². The number of nitrogens with zero attached hydrogens (tertiary/aromatic N) is 3. The number of pyridine rings is 1. The summed E-state index contributed by atoms with van der Waals surface area (Å²) in [6.45, 7) is 5.19. The van der Waals surface area contributed by atoms with Gasteiger partial charge in [0.1, 0.15) is 11.1 Å². The Labute approximate surface area is 119 Å². The van der Waals surface area contributed by atoms with Crippen molar-refractivity contribution in [1.29, 1.82) is 0 Å². The van der Waals surface area contributed by atoms with Crippen LogP contribution in [0.4, 0.5) is 4.79 Å². The number of ether oxygens (including phenoxy) is 1.